The summed E-state index contributed by atoms with van der Waals surface area (Å²) in [5, 5.41) is 12.7. The summed E-state index contributed by atoms with van der Waals surface area (Å²) in [5.41, 5.74) is 1.31. The van der Waals surface area contributed by atoms with E-state index in [0.29, 0.717) is 6.04 Å². The number of hydrogen-bond acceptors (Lipinski definition) is 3. The van der Waals surface area contributed by atoms with Crippen LogP contribution in [0.2, 0.25) is 0 Å². The van der Waals surface area contributed by atoms with Crippen molar-refractivity contribution < 1.29 is 5.11 Å². The molecule has 1 atom stereocenters. The summed E-state index contributed by atoms with van der Waals surface area (Å²) in [6.45, 7) is 6.58. The molecule has 100 valence electrons. The van der Waals surface area contributed by atoms with E-state index in [9.17, 15) is 0 Å². The molecular formula is C14H21BrN2O. The van der Waals surface area contributed by atoms with E-state index in [0.717, 1.165) is 24.0 Å². The fourth-order valence-electron chi connectivity index (χ4n) is 2.64. The van der Waals surface area contributed by atoms with E-state index in [-0.39, 0.29) is 12.1 Å². The summed E-state index contributed by atoms with van der Waals surface area (Å²) < 4.78 is 1.11. The van der Waals surface area contributed by atoms with Crippen molar-refractivity contribution in [3.63, 3.8) is 0 Å². The molecule has 1 unspecified atom stereocenters. The van der Waals surface area contributed by atoms with E-state index in [1.54, 1.807) is 0 Å². The highest BCUT2D eigenvalue weighted by Crippen LogP contribution is 2.25. The number of piperazine rings is 1. The molecule has 1 aromatic rings. The van der Waals surface area contributed by atoms with Gasteiger partial charge in [0.2, 0.25) is 0 Å². The topological polar surface area (TPSA) is 35.5 Å². The van der Waals surface area contributed by atoms with Crippen LogP contribution < -0.4 is 10.2 Å². The van der Waals surface area contributed by atoms with Gasteiger partial charge in [-0.15, -0.1) is 0 Å². The molecule has 0 bridgehead atoms. The van der Waals surface area contributed by atoms with Gasteiger partial charge in [-0.1, -0.05) is 22.0 Å². The fourth-order valence-corrected chi connectivity index (χ4v) is 3.03. The zero-order valence-electron chi connectivity index (χ0n) is 11.0. The second-order valence-electron chi connectivity index (χ2n) is 5.60. The Bertz CT molecular complexity index is 409. The number of rotatable bonds is 3. The zero-order chi connectivity index (χ0) is 13.2. The lowest BCUT2D eigenvalue weighted by molar-refractivity contribution is 0.224. The Balaban J connectivity index is 2.16. The summed E-state index contributed by atoms with van der Waals surface area (Å²) in [6.07, 6.45) is 0.800. The molecule has 0 spiro atoms. The first-order valence-electron chi connectivity index (χ1n) is 6.39. The van der Waals surface area contributed by atoms with E-state index >= 15 is 0 Å². The van der Waals surface area contributed by atoms with Gasteiger partial charge in [-0.2, -0.15) is 0 Å². The lowest BCUT2D eigenvalue weighted by Gasteiger charge is -2.45. The highest BCUT2D eigenvalue weighted by atomic mass is 79.9. The highest BCUT2D eigenvalue weighted by molar-refractivity contribution is 9.10. The molecule has 3 nitrogen and oxygen atoms in total. The standard InChI is InChI=1S/C14H21BrN2O/c1-14(2)10-17(9-12(16-14)6-7-18)13-5-3-4-11(15)8-13/h3-5,8,12,16,18H,6-7,9-10H2,1-2H3. The average Bonchev–Trinajstić information content (AvgIpc) is 2.27. The SMILES string of the molecule is CC1(C)CN(c2cccc(Br)c2)CC(CCO)N1. The van der Waals surface area contributed by atoms with Gasteiger partial charge in [-0.05, 0) is 38.5 Å². The predicted molar refractivity (Wildman–Crippen MR) is 79.1 cm³/mol. The van der Waals surface area contributed by atoms with Crippen LogP contribution in [-0.2, 0) is 0 Å². The van der Waals surface area contributed by atoms with E-state index in [1.807, 2.05) is 6.07 Å². The van der Waals surface area contributed by atoms with Crippen LogP contribution in [0.5, 0.6) is 0 Å². The van der Waals surface area contributed by atoms with E-state index in [1.165, 1.54) is 5.69 Å². The van der Waals surface area contributed by atoms with Crippen molar-refractivity contribution in [2.24, 2.45) is 0 Å². The Morgan fingerprint density at radius 1 is 1.50 bits per heavy atom. The first-order chi connectivity index (χ1) is 8.50. The molecule has 1 aromatic carbocycles. The van der Waals surface area contributed by atoms with Crippen LogP contribution in [0.15, 0.2) is 28.7 Å². The summed E-state index contributed by atoms with van der Waals surface area (Å²) in [4.78, 5) is 2.39. The van der Waals surface area contributed by atoms with Crippen LogP contribution in [0.4, 0.5) is 5.69 Å². The molecule has 0 aliphatic carbocycles. The molecule has 0 aromatic heterocycles. The second kappa shape index (κ2) is 5.59. The average molecular weight is 313 g/mol. The van der Waals surface area contributed by atoms with Gasteiger partial charge < -0.3 is 15.3 Å². The van der Waals surface area contributed by atoms with Crippen molar-refractivity contribution in [3.8, 4) is 0 Å². The molecule has 1 heterocycles. The van der Waals surface area contributed by atoms with Gasteiger partial charge in [0.25, 0.3) is 0 Å². The number of nitrogens with one attached hydrogen (secondary N) is 1. The van der Waals surface area contributed by atoms with Gasteiger partial charge >= 0.3 is 0 Å². The van der Waals surface area contributed by atoms with Crippen LogP contribution in [0.1, 0.15) is 20.3 Å². The minimum absolute atomic E-state index is 0.0698. The minimum atomic E-state index is 0.0698. The van der Waals surface area contributed by atoms with Crippen LogP contribution in [0.25, 0.3) is 0 Å². The van der Waals surface area contributed by atoms with Gasteiger partial charge in [-0.25, -0.2) is 0 Å². The minimum Gasteiger partial charge on any atom is -0.396 e. The van der Waals surface area contributed by atoms with Gasteiger partial charge in [0.15, 0.2) is 0 Å². The normalized spacial score (nSPS) is 23.1. The van der Waals surface area contributed by atoms with Crippen LogP contribution >= 0.6 is 15.9 Å². The molecule has 18 heavy (non-hydrogen) atoms. The molecule has 2 N–H and O–H groups in total. The third kappa shape index (κ3) is 3.46. The van der Waals surface area contributed by atoms with E-state index < -0.39 is 0 Å². The van der Waals surface area contributed by atoms with Crippen molar-refractivity contribution in [2.45, 2.75) is 31.8 Å². The summed E-state index contributed by atoms with van der Waals surface area (Å²) in [5.74, 6) is 0. The Kier molecular flexibility index (Phi) is 4.30. The molecule has 1 fully saturated rings. The number of anilines is 1. The lowest BCUT2D eigenvalue weighted by atomic mass is 9.96. The molecule has 0 saturated carbocycles. The molecule has 0 radical (unpaired) electrons. The molecule has 1 saturated heterocycles. The number of aliphatic hydroxyl groups is 1. The van der Waals surface area contributed by atoms with Gasteiger partial charge in [0.05, 0.1) is 0 Å². The summed E-state index contributed by atoms with van der Waals surface area (Å²) in [6, 6.07) is 8.75. The third-order valence-corrected chi connectivity index (χ3v) is 3.77. The molecule has 4 heteroatoms. The van der Waals surface area contributed by atoms with Gasteiger partial charge in [0.1, 0.15) is 0 Å². The van der Waals surface area contributed by atoms with Crippen LogP contribution in [0, 0.1) is 0 Å². The highest BCUT2D eigenvalue weighted by Gasteiger charge is 2.31. The molecular weight excluding hydrogens is 292 g/mol. The first-order valence-corrected chi connectivity index (χ1v) is 7.18. The Morgan fingerprint density at radius 3 is 2.94 bits per heavy atom. The molecule has 1 aliphatic heterocycles. The zero-order valence-corrected chi connectivity index (χ0v) is 12.6. The lowest BCUT2D eigenvalue weighted by Crippen LogP contribution is -2.62. The molecule has 0 amide bonds. The van der Waals surface area contributed by atoms with Crippen molar-refractivity contribution in [3.05, 3.63) is 28.7 Å². The number of halogens is 1. The number of nitrogens with zero attached hydrogens (tertiary/aromatic N) is 1. The first kappa shape index (κ1) is 13.8. The second-order valence-corrected chi connectivity index (χ2v) is 6.51. The third-order valence-electron chi connectivity index (χ3n) is 3.27. The maximum absolute atomic E-state index is 9.12. The van der Waals surface area contributed by atoms with Crippen molar-refractivity contribution >= 4 is 21.6 Å². The molecule has 2 rings (SSSR count). The molecule has 1 aliphatic rings. The Morgan fingerprint density at radius 2 is 2.28 bits per heavy atom. The van der Waals surface area contributed by atoms with Gasteiger partial charge in [0, 0.05) is 41.4 Å². The number of benzene rings is 1. The maximum atomic E-state index is 9.12. The largest absolute Gasteiger partial charge is 0.396 e. The van der Waals surface area contributed by atoms with Crippen molar-refractivity contribution in [1.29, 1.82) is 0 Å². The number of hydrogen-bond donors (Lipinski definition) is 2. The van der Waals surface area contributed by atoms with E-state index in [2.05, 4.69) is 58.2 Å². The van der Waals surface area contributed by atoms with E-state index in [4.69, 9.17) is 5.11 Å². The predicted octanol–water partition coefficient (Wildman–Crippen LogP) is 2.39. The van der Waals surface area contributed by atoms with Gasteiger partial charge in [-0.3, -0.25) is 0 Å². The summed E-state index contributed by atoms with van der Waals surface area (Å²) >= 11 is 3.52. The quantitative estimate of drug-likeness (QED) is 0.899. The van der Waals surface area contributed by atoms with Crippen LogP contribution in [0.3, 0.4) is 0 Å². The maximum Gasteiger partial charge on any atom is 0.0446 e. The monoisotopic (exact) mass is 312 g/mol. The smallest absolute Gasteiger partial charge is 0.0446 e. The fraction of sp³-hybridized carbons (Fsp3) is 0.571. The Labute approximate surface area is 117 Å². The Hall–Kier alpha value is -0.580. The summed E-state index contributed by atoms with van der Waals surface area (Å²) in [7, 11) is 0. The van der Waals surface area contributed by atoms with Crippen LogP contribution in [-0.4, -0.2) is 36.4 Å². The van der Waals surface area contributed by atoms with Crippen molar-refractivity contribution in [2.75, 3.05) is 24.6 Å². The number of aliphatic hydroxyl groups excluding tert-OH is 1. The van der Waals surface area contributed by atoms with Crippen molar-refractivity contribution in [1.82, 2.24) is 5.32 Å².